The third-order valence-corrected chi connectivity index (χ3v) is 3.70. The Morgan fingerprint density at radius 3 is 2.41 bits per heavy atom. The highest BCUT2D eigenvalue weighted by Gasteiger charge is 2.24. The van der Waals surface area contributed by atoms with Crippen LogP contribution in [0.3, 0.4) is 0 Å². The third kappa shape index (κ3) is 3.48. The molecule has 1 aromatic rings. The average molecular weight is 263 g/mol. The first kappa shape index (κ1) is 13.6. The molecule has 0 aromatic heterocycles. The lowest BCUT2D eigenvalue weighted by molar-refractivity contribution is -0.115. The Morgan fingerprint density at radius 2 is 1.94 bits per heavy atom. The number of rotatable bonds is 3. The molecule has 94 valence electrons. The van der Waals surface area contributed by atoms with E-state index in [0.717, 1.165) is 18.4 Å². The molecular formula is C10H11F2NO3S. The molecule has 0 aliphatic carbocycles. The van der Waals surface area contributed by atoms with Gasteiger partial charge in [0, 0.05) is 12.3 Å². The predicted molar refractivity (Wildman–Crippen MR) is 59.3 cm³/mol. The molecule has 1 aromatic carbocycles. The van der Waals surface area contributed by atoms with Gasteiger partial charge in [-0.25, -0.2) is 17.2 Å². The number of amides is 1. The Bertz CT molecular complexity index is 542. The van der Waals surface area contributed by atoms with Gasteiger partial charge in [-0.2, -0.15) is 0 Å². The highest BCUT2D eigenvalue weighted by Crippen LogP contribution is 2.15. The summed E-state index contributed by atoms with van der Waals surface area (Å²) in [5, 5.41) is 0.785. The van der Waals surface area contributed by atoms with Crippen LogP contribution in [0.4, 0.5) is 14.5 Å². The van der Waals surface area contributed by atoms with Crippen LogP contribution in [0.5, 0.6) is 0 Å². The quantitative estimate of drug-likeness (QED) is 0.895. The molecule has 7 heteroatoms. The Labute approximate surface area is 97.6 Å². The molecule has 1 rings (SSSR count). The lowest BCUT2D eigenvalue weighted by Gasteiger charge is -2.10. The summed E-state index contributed by atoms with van der Waals surface area (Å²) >= 11 is 0. The van der Waals surface area contributed by atoms with Crippen molar-refractivity contribution >= 4 is 21.4 Å². The first-order chi connectivity index (χ1) is 7.71. The van der Waals surface area contributed by atoms with Gasteiger partial charge in [0.1, 0.15) is 16.9 Å². The summed E-state index contributed by atoms with van der Waals surface area (Å²) in [5.74, 6) is -2.60. The minimum atomic E-state index is -3.55. The lowest BCUT2D eigenvalue weighted by atomic mass is 10.3. The van der Waals surface area contributed by atoms with E-state index in [0.29, 0.717) is 6.07 Å². The number of nitrogens with one attached hydrogen (secondary N) is 1. The maximum atomic E-state index is 13.2. The number of halogens is 2. The van der Waals surface area contributed by atoms with Gasteiger partial charge in [0.25, 0.3) is 0 Å². The van der Waals surface area contributed by atoms with Crippen molar-refractivity contribution in [1.82, 2.24) is 0 Å². The molecule has 0 aliphatic rings. The van der Waals surface area contributed by atoms with Crippen molar-refractivity contribution in [3.8, 4) is 0 Å². The lowest BCUT2D eigenvalue weighted by Crippen LogP contribution is -2.32. The van der Waals surface area contributed by atoms with Gasteiger partial charge < -0.3 is 5.32 Å². The van der Waals surface area contributed by atoms with Crippen molar-refractivity contribution in [2.45, 2.75) is 12.2 Å². The number of hydrogen-bond donors (Lipinski definition) is 1. The van der Waals surface area contributed by atoms with Crippen LogP contribution in [-0.2, 0) is 14.6 Å². The van der Waals surface area contributed by atoms with Crippen molar-refractivity contribution in [2.24, 2.45) is 0 Å². The second kappa shape index (κ2) is 4.79. The van der Waals surface area contributed by atoms with Gasteiger partial charge >= 0.3 is 0 Å². The summed E-state index contributed by atoms with van der Waals surface area (Å²) in [7, 11) is -3.55. The van der Waals surface area contributed by atoms with E-state index in [2.05, 4.69) is 5.32 Å². The Kier molecular flexibility index (Phi) is 3.82. The van der Waals surface area contributed by atoms with Crippen molar-refractivity contribution in [1.29, 1.82) is 0 Å². The highest BCUT2D eigenvalue weighted by molar-refractivity contribution is 7.92. The summed E-state index contributed by atoms with van der Waals surface area (Å²) in [6.07, 6.45) is 0.901. The van der Waals surface area contributed by atoms with Gasteiger partial charge in [0.15, 0.2) is 9.84 Å². The summed E-state index contributed by atoms with van der Waals surface area (Å²) in [4.78, 5) is 11.4. The summed E-state index contributed by atoms with van der Waals surface area (Å²) in [5.41, 5.74) is -0.257. The number of carbonyl (C=O) groups excluding carboxylic acids is 1. The number of anilines is 1. The molecule has 1 unspecified atom stereocenters. The summed E-state index contributed by atoms with van der Waals surface area (Å²) < 4.78 is 47.9. The standard InChI is InChI=1S/C10H11F2NO3S/c1-6(17(2,15)16)10(14)13-9-4-3-7(11)5-8(9)12/h3-6H,1-2H3,(H,13,14). The molecule has 1 amide bonds. The molecule has 1 atom stereocenters. The monoisotopic (exact) mass is 263 g/mol. The van der Waals surface area contributed by atoms with Gasteiger partial charge in [-0.1, -0.05) is 0 Å². The molecule has 0 saturated carbocycles. The number of hydrogen-bond acceptors (Lipinski definition) is 3. The van der Waals surface area contributed by atoms with E-state index in [1.54, 1.807) is 0 Å². The van der Waals surface area contributed by atoms with Crippen molar-refractivity contribution in [3.63, 3.8) is 0 Å². The van der Waals surface area contributed by atoms with Crippen LogP contribution in [0.1, 0.15) is 6.92 Å². The van der Waals surface area contributed by atoms with E-state index in [9.17, 15) is 22.0 Å². The van der Waals surface area contributed by atoms with E-state index in [-0.39, 0.29) is 5.69 Å². The number of sulfone groups is 1. The third-order valence-electron chi connectivity index (χ3n) is 2.20. The van der Waals surface area contributed by atoms with Crippen LogP contribution in [0.15, 0.2) is 18.2 Å². The van der Waals surface area contributed by atoms with Crippen LogP contribution in [0.25, 0.3) is 0 Å². The molecule has 0 aliphatic heterocycles. The van der Waals surface area contributed by atoms with E-state index in [1.807, 2.05) is 0 Å². The normalized spacial score (nSPS) is 13.2. The topological polar surface area (TPSA) is 63.2 Å². The van der Waals surface area contributed by atoms with Gasteiger partial charge in [0.2, 0.25) is 5.91 Å². The highest BCUT2D eigenvalue weighted by atomic mass is 32.2. The first-order valence-electron chi connectivity index (χ1n) is 4.66. The van der Waals surface area contributed by atoms with Crippen LogP contribution in [-0.4, -0.2) is 25.8 Å². The molecule has 0 spiro atoms. The zero-order chi connectivity index (χ0) is 13.2. The Hall–Kier alpha value is -1.50. The second-order valence-corrected chi connectivity index (χ2v) is 5.95. The van der Waals surface area contributed by atoms with E-state index < -0.39 is 32.6 Å². The largest absolute Gasteiger partial charge is 0.322 e. The SMILES string of the molecule is CC(C(=O)Nc1ccc(F)cc1F)S(C)(=O)=O. The molecule has 0 fully saturated rings. The van der Waals surface area contributed by atoms with Gasteiger partial charge in [-0.15, -0.1) is 0 Å². The molecule has 0 bridgehead atoms. The minimum Gasteiger partial charge on any atom is -0.322 e. The maximum absolute atomic E-state index is 13.2. The molecular weight excluding hydrogens is 252 g/mol. The molecule has 0 saturated heterocycles. The van der Waals surface area contributed by atoms with Crippen molar-refractivity contribution in [3.05, 3.63) is 29.8 Å². The van der Waals surface area contributed by atoms with Gasteiger partial charge in [0.05, 0.1) is 5.69 Å². The Balaban J connectivity index is 2.89. The fourth-order valence-electron chi connectivity index (χ4n) is 1.02. The summed E-state index contributed by atoms with van der Waals surface area (Å²) in [6, 6.07) is 2.59. The van der Waals surface area contributed by atoms with Crippen LogP contribution in [0.2, 0.25) is 0 Å². The fourth-order valence-corrected chi connectivity index (χ4v) is 1.47. The first-order valence-corrected chi connectivity index (χ1v) is 6.62. The predicted octanol–water partition coefficient (Wildman–Crippen LogP) is 1.34. The molecule has 4 nitrogen and oxygen atoms in total. The van der Waals surface area contributed by atoms with Crippen LogP contribution in [0, 0.1) is 11.6 Å². The average Bonchev–Trinajstić information content (AvgIpc) is 2.19. The zero-order valence-electron chi connectivity index (χ0n) is 9.20. The molecule has 1 N–H and O–H groups in total. The molecule has 0 heterocycles. The fraction of sp³-hybridized carbons (Fsp3) is 0.300. The second-order valence-electron chi connectivity index (χ2n) is 3.59. The van der Waals surface area contributed by atoms with E-state index in [4.69, 9.17) is 0 Å². The van der Waals surface area contributed by atoms with Crippen molar-refractivity contribution in [2.75, 3.05) is 11.6 Å². The van der Waals surface area contributed by atoms with E-state index >= 15 is 0 Å². The zero-order valence-corrected chi connectivity index (χ0v) is 10.0. The molecule has 17 heavy (non-hydrogen) atoms. The summed E-state index contributed by atoms with van der Waals surface area (Å²) in [6.45, 7) is 1.19. The van der Waals surface area contributed by atoms with Crippen molar-refractivity contribution < 1.29 is 22.0 Å². The van der Waals surface area contributed by atoms with Gasteiger partial charge in [-0.3, -0.25) is 4.79 Å². The van der Waals surface area contributed by atoms with Crippen LogP contribution < -0.4 is 5.32 Å². The van der Waals surface area contributed by atoms with Gasteiger partial charge in [-0.05, 0) is 19.1 Å². The maximum Gasteiger partial charge on any atom is 0.242 e. The minimum absolute atomic E-state index is 0.257. The van der Waals surface area contributed by atoms with Crippen LogP contribution >= 0.6 is 0 Å². The Morgan fingerprint density at radius 1 is 1.35 bits per heavy atom. The number of benzene rings is 1. The smallest absolute Gasteiger partial charge is 0.242 e. The van der Waals surface area contributed by atoms with E-state index in [1.165, 1.54) is 6.92 Å². The number of carbonyl (C=O) groups is 1. The molecule has 0 radical (unpaired) electrons.